The number of hydrogen-bond donors (Lipinski definition) is 2. The monoisotopic (exact) mass is 316 g/mol. The van der Waals surface area contributed by atoms with Crippen molar-refractivity contribution >= 4 is 18.1 Å². The first kappa shape index (κ1) is 17.1. The van der Waals surface area contributed by atoms with E-state index in [4.69, 9.17) is 4.74 Å². The van der Waals surface area contributed by atoms with Gasteiger partial charge in [-0.1, -0.05) is 49.6 Å². The van der Waals surface area contributed by atoms with E-state index in [-0.39, 0.29) is 18.6 Å². The SMILES string of the molecule is O=C(C=Cc1ccccc1)NCCOC(=O)NC1CCCCC1. The molecule has 2 N–H and O–H groups in total. The lowest BCUT2D eigenvalue weighted by atomic mass is 9.96. The van der Waals surface area contributed by atoms with Gasteiger partial charge in [-0.05, 0) is 24.5 Å². The molecule has 1 aromatic carbocycles. The molecule has 5 heteroatoms. The highest BCUT2D eigenvalue weighted by Gasteiger charge is 2.15. The van der Waals surface area contributed by atoms with Gasteiger partial charge >= 0.3 is 6.09 Å². The summed E-state index contributed by atoms with van der Waals surface area (Å²) in [7, 11) is 0. The molecule has 5 nitrogen and oxygen atoms in total. The maximum Gasteiger partial charge on any atom is 0.407 e. The van der Waals surface area contributed by atoms with Crippen LogP contribution in [0, 0.1) is 0 Å². The first-order valence-corrected chi connectivity index (χ1v) is 8.18. The van der Waals surface area contributed by atoms with Crippen LogP contribution in [-0.2, 0) is 9.53 Å². The third kappa shape index (κ3) is 7.00. The van der Waals surface area contributed by atoms with Crippen LogP contribution in [0.25, 0.3) is 6.08 Å². The van der Waals surface area contributed by atoms with Gasteiger partial charge in [0.2, 0.25) is 5.91 Å². The lowest BCUT2D eigenvalue weighted by molar-refractivity contribution is -0.116. The average Bonchev–Trinajstić information content (AvgIpc) is 2.59. The van der Waals surface area contributed by atoms with Crippen LogP contribution < -0.4 is 10.6 Å². The van der Waals surface area contributed by atoms with Crippen molar-refractivity contribution in [3.8, 4) is 0 Å². The smallest absolute Gasteiger partial charge is 0.407 e. The predicted octanol–water partition coefficient (Wildman–Crippen LogP) is 2.87. The molecule has 0 bridgehead atoms. The quantitative estimate of drug-likeness (QED) is 0.626. The second-order valence-electron chi connectivity index (χ2n) is 5.65. The average molecular weight is 316 g/mol. The Morgan fingerprint density at radius 2 is 1.87 bits per heavy atom. The number of carbonyl (C=O) groups is 2. The van der Waals surface area contributed by atoms with Gasteiger partial charge in [-0.15, -0.1) is 0 Å². The molecule has 2 rings (SSSR count). The Labute approximate surface area is 137 Å². The van der Waals surface area contributed by atoms with Crippen LogP contribution >= 0.6 is 0 Å². The minimum atomic E-state index is -0.397. The van der Waals surface area contributed by atoms with Gasteiger partial charge in [0, 0.05) is 12.1 Å². The number of amides is 2. The summed E-state index contributed by atoms with van der Waals surface area (Å²) < 4.78 is 5.07. The molecule has 0 unspecified atom stereocenters. The highest BCUT2D eigenvalue weighted by molar-refractivity contribution is 5.91. The zero-order valence-electron chi connectivity index (χ0n) is 13.3. The molecule has 124 valence electrons. The van der Waals surface area contributed by atoms with E-state index in [0.717, 1.165) is 31.2 Å². The summed E-state index contributed by atoms with van der Waals surface area (Å²) >= 11 is 0. The fraction of sp³-hybridized carbons (Fsp3) is 0.444. The maximum absolute atomic E-state index is 11.6. The standard InChI is InChI=1S/C18H24N2O3/c21-17(12-11-15-7-3-1-4-8-15)19-13-14-23-18(22)20-16-9-5-2-6-10-16/h1,3-4,7-8,11-12,16H,2,5-6,9-10,13-14H2,(H,19,21)(H,20,22). The third-order valence-corrected chi connectivity index (χ3v) is 3.79. The van der Waals surface area contributed by atoms with Crippen LogP contribution in [0.2, 0.25) is 0 Å². The molecular weight excluding hydrogens is 292 g/mol. The zero-order chi connectivity index (χ0) is 16.3. The highest BCUT2D eigenvalue weighted by Crippen LogP contribution is 2.17. The number of hydrogen-bond acceptors (Lipinski definition) is 3. The van der Waals surface area contributed by atoms with Gasteiger partial charge in [0.15, 0.2) is 0 Å². The normalized spacial score (nSPS) is 15.3. The largest absolute Gasteiger partial charge is 0.448 e. The van der Waals surface area contributed by atoms with E-state index in [9.17, 15) is 9.59 Å². The summed E-state index contributed by atoms with van der Waals surface area (Å²) in [5.74, 6) is -0.204. The van der Waals surface area contributed by atoms with Crippen molar-refractivity contribution in [3.63, 3.8) is 0 Å². The van der Waals surface area contributed by atoms with Crippen molar-refractivity contribution in [2.75, 3.05) is 13.2 Å². The van der Waals surface area contributed by atoms with E-state index >= 15 is 0 Å². The molecule has 1 fully saturated rings. The Morgan fingerprint density at radius 3 is 2.61 bits per heavy atom. The molecule has 2 amide bonds. The first-order valence-electron chi connectivity index (χ1n) is 8.18. The summed E-state index contributed by atoms with van der Waals surface area (Å²) in [4.78, 5) is 23.2. The van der Waals surface area contributed by atoms with Crippen LogP contribution in [0.3, 0.4) is 0 Å². The van der Waals surface area contributed by atoms with Crippen LogP contribution in [0.5, 0.6) is 0 Å². The highest BCUT2D eigenvalue weighted by atomic mass is 16.5. The predicted molar refractivity (Wildman–Crippen MR) is 89.8 cm³/mol. The number of benzene rings is 1. The minimum absolute atomic E-state index is 0.170. The molecule has 0 heterocycles. The van der Waals surface area contributed by atoms with E-state index in [1.54, 1.807) is 6.08 Å². The molecule has 1 aliphatic carbocycles. The fourth-order valence-corrected chi connectivity index (χ4v) is 2.57. The number of rotatable bonds is 6. The topological polar surface area (TPSA) is 67.4 Å². The second-order valence-corrected chi connectivity index (χ2v) is 5.65. The van der Waals surface area contributed by atoms with E-state index in [1.807, 2.05) is 30.3 Å². The van der Waals surface area contributed by atoms with Crippen LogP contribution in [0.15, 0.2) is 36.4 Å². The van der Waals surface area contributed by atoms with Crippen molar-refractivity contribution in [2.24, 2.45) is 0 Å². The van der Waals surface area contributed by atoms with Gasteiger partial charge in [0.05, 0.1) is 6.54 Å². The van der Waals surface area contributed by atoms with Crippen LogP contribution in [0.4, 0.5) is 4.79 Å². The molecule has 0 saturated heterocycles. The summed E-state index contributed by atoms with van der Waals surface area (Å²) in [5.41, 5.74) is 0.964. The molecule has 0 aromatic heterocycles. The number of alkyl carbamates (subject to hydrolysis) is 1. The van der Waals surface area contributed by atoms with Crippen molar-refractivity contribution in [2.45, 2.75) is 38.1 Å². The van der Waals surface area contributed by atoms with Crippen molar-refractivity contribution < 1.29 is 14.3 Å². The Bertz CT molecular complexity index is 522. The molecular formula is C18H24N2O3. The molecule has 23 heavy (non-hydrogen) atoms. The molecule has 1 saturated carbocycles. The van der Waals surface area contributed by atoms with E-state index in [0.29, 0.717) is 6.54 Å². The van der Waals surface area contributed by atoms with Gasteiger partial charge in [0.25, 0.3) is 0 Å². The first-order chi connectivity index (χ1) is 11.2. The summed E-state index contributed by atoms with van der Waals surface area (Å²) in [6.07, 6.45) is 8.43. The Hall–Kier alpha value is -2.30. The van der Waals surface area contributed by atoms with Gasteiger partial charge in [-0.25, -0.2) is 4.79 Å². The van der Waals surface area contributed by atoms with E-state index in [1.165, 1.54) is 12.5 Å². The molecule has 1 aliphatic rings. The zero-order valence-corrected chi connectivity index (χ0v) is 13.3. The van der Waals surface area contributed by atoms with Gasteiger partial charge < -0.3 is 15.4 Å². The van der Waals surface area contributed by atoms with Crippen molar-refractivity contribution in [1.82, 2.24) is 10.6 Å². The lowest BCUT2D eigenvalue weighted by Crippen LogP contribution is -2.37. The van der Waals surface area contributed by atoms with Crippen molar-refractivity contribution in [1.29, 1.82) is 0 Å². The minimum Gasteiger partial charge on any atom is -0.448 e. The Kier molecular flexibility index (Phi) is 7.17. The lowest BCUT2D eigenvalue weighted by Gasteiger charge is -2.22. The molecule has 1 aromatic rings. The van der Waals surface area contributed by atoms with E-state index < -0.39 is 6.09 Å². The summed E-state index contributed by atoms with van der Waals surface area (Å²) in [6.45, 7) is 0.472. The number of carbonyl (C=O) groups excluding carboxylic acids is 2. The molecule has 0 spiro atoms. The maximum atomic E-state index is 11.6. The number of ether oxygens (including phenoxy) is 1. The second kappa shape index (κ2) is 9.66. The summed E-state index contributed by atoms with van der Waals surface area (Å²) in [6, 6.07) is 9.82. The van der Waals surface area contributed by atoms with E-state index in [2.05, 4.69) is 10.6 Å². The van der Waals surface area contributed by atoms with Gasteiger partial charge in [0.1, 0.15) is 6.61 Å². The molecule has 0 atom stereocenters. The molecule has 0 aliphatic heterocycles. The van der Waals surface area contributed by atoms with Crippen LogP contribution in [-0.4, -0.2) is 31.2 Å². The van der Waals surface area contributed by atoms with Gasteiger partial charge in [-0.2, -0.15) is 0 Å². The van der Waals surface area contributed by atoms with Gasteiger partial charge in [-0.3, -0.25) is 4.79 Å². The Balaban J connectivity index is 1.56. The third-order valence-electron chi connectivity index (χ3n) is 3.79. The summed E-state index contributed by atoms with van der Waals surface area (Å²) in [5, 5.41) is 5.55. The fourth-order valence-electron chi connectivity index (χ4n) is 2.57. The molecule has 0 radical (unpaired) electrons. The van der Waals surface area contributed by atoms with Crippen molar-refractivity contribution in [3.05, 3.63) is 42.0 Å². The number of nitrogens with one attached hydrogen (secondary N) is 2. The van der Waals surface area contributed by atoms with Crippen LogP contribution in [0.1, 0.15) is 37.7 Å². The Morgan fingerprint density at radius 1 is 1.13 bits per heavy atom.